The van der Waals surface area contributed by atoms with Crippen LogP contribution < -0.4 is 10.2 Å². The Labute approximate surface area is 191 Å². The fourth-order valence-electron chi connectivity index (χ4n) is 2.99. The molecule has 178 valence electrons. The zero-order chi connectivity index (χ0) is 24.8. The molecule has 12 nitrogen and oxygen atoms in total. The normalized spacial score (nSPS) is 12.0. The van der Waals surface area contributed by atoms with Gasteiger partial charge in [0.05, 0.1) is 9.85 Å². The predicted molar refractivity (Wildman–Crippen MR) is 122 cm³/mol. The molecular formula is C21H28N6O6. The lowest BCUT2D eigenvalue weighted by Gasteiger charge is -2.25. The molecule has 1 heterocycles. The fraction of sp³-hybridized carbons (Fsp3) is 0.476. The number of carbonyl (C=O) groups is 1. The van der Waals surface area contributed by atoms with Gasteiger partial charge < -0.3 is 15.0 Å². The number of nitrogens with zero attached hydrogens (tertiary/aromatic N) is 5. The minimum absolute atomic E-state index is 0.0642. The van der Waals surface area contributed by atoms with E-state index in [4.69, 9.17) is 4.74 Å². The van der Waals surface area contributed by atoms with Gasteiger partial charge in [-0.2, -0.15) is 4.98 Å². The highest BCUT2D eigenvalue weighted by molar-refractivity contribution is 5.81. The number of nitrogens with one attached hydrogen (secondary N) is 1. The van der Waals surface area contributed by atoms with Gasteiger partial charge in [0, 0.05) is 31.6 Å². The zero-order valence-corrected chi connectivity index (χ0v) is 19.3. The number of anilines is 2. The van der Waals surface area contributed by atoms with Gasteiger partial charge in [-0.3, -0.25) is 20.2 Å². The number of hydrogen-bond acceptors (Lipinski definition) is 10. The summed E-state index contributed by atoms with van der Waals surface area (Å²) in [4.78, 5) is 44.5. The monoisotopic (exact) mass is 460 g/mol. The first-order valence-corrected chi connectivity index (χ1v) is 10.4. The molecule has 0 saturated carbocycles. The van der Waals surface area contributed by atoms with Gasteiger partial charge >= 0.3 is 11.7 Å². The number of benzene rings is 1. The molecule has 1 aromatic heterocycles. The molecule has 0 fully saturated rings. The quantitative estimate of drug-likeness (QED) is 0.316. The van der Waals surface area contributed by atoms with Gasteiger partial charge in [-0.05, 0) is 40.2 Å². The van der Waals surface area contributed by atoms with Crippen LogP contribution in [0.4, 0.5) is 23.1 Å². The number of ether oxygens (including phenoxy) is 1. The average molecular weight is 460 g/mol. The molecule has 2 aromatic rings. The van der Waals surface area contributed by atoms with E-state index in [0.717, 1.165) is 6.20 Å². The number of esters is 1. The molecule has 0 spiro atoms. The van der Waals surface area contributed by atoms with Crippen LogP contribution in [0, 0.1) is 20.2 Å². The molecule has 0 radical (unpaired) electrons. The summed E-state index contributed by atoms with van der Waals surface area (Å²) in [7, 11) is 0. The van der Waals surface area contributed by atoms with Crippen LogP contribution >= 0.6 is 0 Å². The molecule has 12 heteroatoms. The Morgan fingerprint density at radius 1 is 1.12 bits per heavy atom. The third kappa shape index (κ3) is 7.09. The molecule has 33 heavy (non-hydrogen) atoms. The summed E-state index contributed by atoms with van der Waals surface area (Å²) in [6.07, 6.45) is 1.16. The van der Waals surface area contributed by atoms with E-state index in [2.05, 4.69) is 15.3 Å². The number of hydrogen-bond donors (Lipinski definition) is 1. The minimum atomic E-state index is -1.04. The first-order valence-electron chi connectivity index (χ1n) is 10.4. The number of rotatable bonds is 10. The van der Waals surface area contributed by atoms with E-state index in [-0.39, 0.29) is 29.6 Å². The molecule has 0 aliphatic carbocycles. The van der Waals surface area contributed by atoms with Crippen molar-refractivity contribution < 1.29 is 19.4 Å². The molecule has 0 saturated heterocycles. The topological polar surface area (TPSA) is 154 Å². The molecule has 0 bridgehead atoms. The van der Waals surface area contributed by atoms with E-state index in [0.29, 0.717) is 18.7 Å². The lowest BCUT2D eigenvalue weighted by Crippen LogP contribution is -2.38. The van der Waals surface area contributed by atoms with Crippen LogP contribution in [0.1, 0.15) is 40.2 Å². The number of nitro benzene ring substituents is 1. The average Bonchev–Trinajstić information content (AvgIpc) is 2.73. The van der Waals surface area contributed by atoms with Crippen molar-refractivity contribution >= 4 is 29.1 Å². The van der Waals surface area contributed by atoms with Crippen LogP contribution in [0.25, 0.3) is 0 Å². The van der Waals surface area contributed by atoms with Crippen LogP contribution in [0.2, 0.25) is 0 Å². The number of aromatic nitrogens is 2. The smallest absolute Gasteiger partial charge is 0.329 e. The molecule has 0 amide bonds. The van der Waals surface area contributed by atoms with Crippen molar-refractivity contribution in [1.29, 1.82) is 0 Å². The first-order chi connectivity index (χ1) is 15.4. The van der Waals surface area contributed by atoms with Crippen molar-refractivity contribution in [2.45, 2.75) is 52.7 Å². The Hall–Kier alpha value is -3.83. The van der Waals surface area contributed by atoms with E-state index in [1.807, 2.05) is 18.7 Å². The van der Waals surface area contributed by atoms with Gasteiger partial charge in [-0.1, -0.05) is 12.1 Å². The van der Waals surface area contributed by atoms with Crippen LogP contribution in [0.3, 0.4) is 0 Å². The molecular weight excluding hydrogens is 432 g/mol. The highest BCUT2D eigenvalue weighted by Crippen LogP contribution is 2.26. The van der Waals surface area contributed by atoms with Gasteiger partial charge in [0.1, 0.15) is 17.8 Å². The molecule has 1 unspecified atom stereocenters. The van der Waals surface area contributed by atoms with Crippen molar-refractivity contribution in [3.63, 3.8) is 0 Å². The van der Waals surface area contributed by atoms with Crippen LogP contribution in [-0.2, 0) is 16.0 Å². The van der Waals surface area contributed by atoms with Gasteiger partial charge in [0.2, 0.25) is 11.8 Å². The predicted octanol–water partition coefficient (Wildman–Crippen LogP) is 3.50. The summed E-state index contributed by atoms with van der Waals surface area (Å²) in [5.74, 6) is -0.473. The van der Waals surface area contributed by atoms with Gasteiger partial charge in [-0.15, -0.1) is 0 Å². The maximum Gasteiger partial charge on any atom is 0.329 e. The van der Waals surface area contributed by atoms with Gasteiger partial charge in [0.15, 0.2) is 0 Å². The van der Waals surface area contributed by atoms with E-state index < -0.39 is 27.5 Å². The Balaban J connectivity index is 2.44. The van der Waals surface area contributed by atoms with Crippen molar-refractivity contribution in [3.05, 3.63) is 56.3 Å². The summed E-state index contributed by atoms with van der Waals surface area (Å²) in [6, 6.07) is 4.66. The van der Waals surface area contributed by atoms with Crippen LogP contribution in [-0.4, -0.2) is 50.5 Å². The molecule has 1 atom stereocenters. The number of carbonyl (C=O) groups excluding carboxylic acids is 1. The Bertz CT molecular complexity index is 1000. The standard InChI is InChI=1S/C21H28N6O6/c1-6-25(7-2)20-22-13-17(27(31)32)18(24-20)23-16(19(28)33-21(3,4)5)12-14-8-10-15(11-9-14)26(29)30/h8-11,13,16H,6-7,12H2,1-5H3,(H,22,23,24). The fourth-order valence-corrected chi connectivity index (χ4v) is 2.99. The largest absolute Gasteiger partial charge is 0.458 e. The molecule has 0 aliphatic heterocycles. The summed E-state index contributed by atoms with van der Waals surface area (Å²) >= 11 is 0. The number of nitro groups is 2. The van der Waals surface area contributed by atoms with E-state index >= 15 is 0 Å². The Morgan fingerprint density at radius 3 is 2.21 bits per heavy atom. The molecule has 1 N–H and O–H groups in total. The summed E-state index contributed by atoms with van der Waals surface area (Å²) in [5, 5.41) is 25.3. The van der Waals surface area contributed by atoms with Crippen molar-refractivity contribution in [3.8, 4) is 0 Å². The second kappa shape index (κ2) is 10.7. The Morgan fingerprint density at radius 2 is 1.73 bits per heavy atom. The Kier molecular flexibility index (Phi) is 8.21. The highest BCUT2D eigenvalue weighted by Gasteiger charge is 2.29. The second-order valence-electron chi connectivity index (χ2n) is 8.19. The molecule has 2 rings (SSSR count). The molecule has 0 aliphatic rings. The van der Waals surface area contributed by atoms with Crippen molar-refractivity contribution in [1.82, 2.24) is 9.97 Å². The lowest BCUT2D eigenvalue weighted by atomic mass is 10.0. The first kappa shape index (κ1) is 25.4. The van der Waals surface area contributed by atoms with Crippen molar-refractivity contribution in [2.75, 3.05) is 23.3 Å². The zero-order valence-electron chi connectivity index (χ0n) is 19.3. The summed E-state index contributed by atoms with van der Waals surface area (Å²) in [6.45, 7) is 10.1. The van der Waals surface area contributed by atoms with E-state index in [1.165, 1.54) is 24.3 Å². The summed E-state index contributed by atoms with van der Waals surface area (Å²) < 4.78 is 5.49. The third-order valence-electron chi connectivity index (χ3n) is 4.59. The third-order valence-corrected chi connectivity index (χ3v) is 4.59. The number of non-ortho nitro benzene ring substituents is 1. The maximum absolute atomic E-state index is 12.9. The minimum Gasteiger partial charge on any atom is -0.458 e. The maximum atomic E-state index is 12.9. The molecule has 1 aromatic carbocycles. The highest BCUT2D eigenvalue weighted by atomic mass is 16.6. The van der Waals surface area contributed by atoms with Crippen LogP contribution in [0.5, 0.6) is 0 Å². The second-order valence-corrected chi connectivity index (χ2v) is 8.19. The van der Waals surface area contributed by atoms with Gasteiger partial charge in [-0.25, -0.2) is 9.78 Å². The van der Waals surface area contributed by atoms with Gasteiger partial charge in [0.25, 0.3) is 5.69 Å². The van der Waals surface area contributed by atoms with E-state index in [1.54, 1.807) is 20.8 Å². The summed E-state index contributed by atoms with van der Waals surface area (Å²) in [5.41, 5.74) is -0.667. The van der Waals surface area contributed by atoms with Crippen LogP contribution in [0.15, 0.2) is 30.5 Å². The lowest BCUT2D eigenvalue weighted by molar-refractivity contribution is -0.384. The SMILES string of the molecule is CCN(CC)c1ncc([N+](=O)[O-])c(NC(Cc2ccc([N+](=O)[O-])cc2)C(=O)OC(C)(C)C)n1. The van der Waals surface area contributed by atoms with Crippen molar-refractivity contribution in [2.24, 2.45) is 0 Å². The van der Waals surface area contributed by atoms with E-state index in [9.17, 15) is 25.0 Å².